The Morgan fingerprint density at radius 1 is 1.53 bits per heavy atom. The van der Waals surface area contributed by atoms with Gasteiger partial charge < -0.3 is 5.73 Å². The van der Waals surface area contributed by atoms with Crippen LogP contribution in [0.5, 0.6) is 0 Å². The van der Waals surface area contributed by atoms with E-state index in [0.717, 1.165) is 18.5 Å². The lowest BCUT2D eigenvalue weighted by molar-refractivity contribution is 0.639. The van der Waals surface area contributed by atoms with Crippen LogP contribution in [0.2, 0.25) is 0 Å². The number of nitrogens with two attached hydrogens (primary N) is 1. The lowest BCUT2D eigenvalue weighted by Gasteiger charge is -1.94. The van der Waals surface area contributed by atoms with Crippen molar-refractivity contribution in [1.82, 2.24) is 20.0 Å². The molecule has 0 amide bonds. The maximum atomic E-state index is 5.47. The second-order valence-corrected chi connectivity index (χ2v) is 4.27. The Morgan fingerprint density at radius 2 is 2.40 bits per heavy atom. The molecule has 0 unspecified atom stereocenters. The lowest BCUT2D eigenvalue weighted by Crippen LogP contribution is -2.01. The van der Waals surface area contributed by atoms with Crippen molar-refractivity contribution in [1.29, 1.82) is 0 Å². The van der Waals surface area contributed by atoms with Gasteiger partial charge in [0, 0.05) is 5.38 Å². The Labute approximate surface area is 91.9 Å². The predicted octanol–water partition coefficient (Wildman–Crippen LogP) is 1.32. The first-order valence-electron chi connectivity index (χ1n) is 4.87. The van der Waals surface area contributed by atoms with Crippen LogP contribution in [-0.2, 0) is 13.0 Å². The molecule has 0 aliphatic heterocycles. The van der Waals surface area contributed by atoms with E-state index >= 15 is 0 Å². The van der Waals surface area contributed by atoms with Crippen molar-refractivity contribution in [2.24, 2.45) is 0 Å². The number of nitrogen functional groups attached to an aromatic ring is 1. The van der Waals surface area contributed by atoms with Gasteiger partial charge in [0.05, 0.1) is 23.4 Å². The molecule has 0 aliphatic rings. The smallest absolute Gasteiger partial charge is 0.165 e. The van der Waals surface area contributed by atoms with Crippen molar-refractivity contribution < 1.29 is 0 Å². The van der Waals surface area contributed by atoms with Crippen LogP contribution in [0.1, 0.15) is 24.0 Å². The fourth-order valence-electron chi connectivity index (χ4n) is 1.31. The first kappa shape index (κ1) is 10.1. The van der Waals surface area contributed by atoms with Crippen molar-refractivity contribution in [2.45, 2.75) is 26.3 Å². The third-order valence-electron chi connectivity index (χ3n) is 1.94. The van der Waals surface area contributed by atoms with Gasteiger partial charge in [-0.15, -0.1) is 16.4 Å². The van der Waals surface area contributed by atoms with Crippen LogP contribution in [0.25, 0.3) is 0 Å². The fraction of sp³-hybridized carbons (Fsp3) is 0.444. The van der Waals surface area contributed by atoms with Crippen LogP contribution in [-0.4, -0.2) is 20.0 Å². The molecule has 0 fully saturated rings. The summed E-state index contributed by atoms with van der Waals surface area (Å²) in [5.41, 5.74) is 6.49. The summed E-state index contributed by atoms with van der Waals surface area (Å²) < 4.78 is 1.69. The van der Waals surface area contributed by atoms with Gasteiger partial charge in [0.15, 0.2) is 5.82 Å². The highest BCUT2D eigenvalue weighted by Crippen LogP contribution is 2.12. The monoisotopic (exact) mass is 223 g/mol. The van der Waals surface area contributed by atoms with E-state index in [1.54, 1.807) is 22.2 Å². The van der Waals surface area contributed by atoms with Crippen molar-refractivity contribution >= 4 is 17.2 Å². The van der Waals surface area contributed by atoms with Gasteiger partial charge in [0.2, 0.25) is 0 Å². The summed E-state index contributed by atoms with van der Waals surface area (Å²) >= 11 is 1.70. The number of thiazole rings is 1. The third kappa shape index (κ3) is 2.53. The number of anilines is 1. The minimum absolute atomic E-state index is 0.444. The highest BCUT2D eigenvalue weighted by atomic mass is 32.1. The Bertz CT molecular complexity index is 433. The van der Waals surface area contributed by atoms with E-state index in [4.69, 9.17) is 5.73 Å². The quantitative estimate of drug-likeness (QED) is 0.848. The van der Waals surface area contributed by atoms with Gasteiger partial charge in [-0.05, 0) is 12.8 Å². The lowest BCUT2D eigenvalue weighted by atomic mass is 10.3. The van der Waals surface area contributed by atoms with Gasteiger partial charge in [-0.25, -0.2) is 9.67 Å². The molecule has 0 bridgehead atoms. The maximum Gasteiger partial charge on any atom is 0.165 e. The second-order valence-electron chi connectivity index (χ2n) is 3.32. The topological polar surface area (TPSA) is 69.6 Å². The molecule has 80 valence electrons. The molecule has 0 spiro atoms. The number of nitrogens with zero attached hydrogens (tertiary/aromatic N) is 4. The van der Waals surface area contributed by atoms with Crippen molar-refractivity contribution in [3.8, 4) is 0 Å². The molecule has 0 saturated heterocycles. The van der Waals surface area contributed by atoms with Gasteiger partial charge in [-0.3, -0.25) is 0 Å². The summed E-state index contributed by atoms with van der Waals surface area (Å²) in [5.74, 6) is 0.444. The van der Waals surface area contributed by atoms with Crippen LogP contribution >= 0.6 is 11.3 Å². The second kappa shape index (κ2) is 4.39. The Hall–Kier alpha value is -1.43. The number of hydrogen-bond acceptors (Lipinski definition) is 5. The molecule has 2 heterocycles. The van der Waals surface area contributed by atoms with E-state index in [1.165, 1.54) is 5.01 Å². The van der Waals surface area contributed by atoms with Crippen molar-refractivity contribution in [3.05, 3.63) is 22.3 Å². The molecule has 0 saturated carbocycles. The fourth-order valence-corrected chi connectivity index (χ4v) is 2.20. The van der Waals surface area contributed by atoms with E-state index < -0.39 is 0 Å². The van der Waals surface area contributed by atoms with Crippen LogP contribution in [0, 0.1) is 0 Å². The number of aryl methyl sites for hydroxylation is 1. The van der Waals surface area contributed by atoms with E-state index in [9.17, 15) is 0 Å². The molecule has 5 nitrogen and oxygen atoms in total. The summed E-state index contributed by atoms with van der Waals surface area (Å²) in [6, 6.07) is 0. The molecule has 0 atom stereocenters. The van der Waals surface area contributed by atoms with Gasteiger partial charge in [-0.2, -0.15) is 0 Å². The molecule has 15 heavy (non-hydrogen) atoms. The molecule has 6 heteroatoms. The summed E-state index contributed by atoms with van der Waals surface area (Å²) in [7, 11) is 0. The van der Waals surface area contributed by atoms with E-state index in [1.807, 2.05) is 0 Å². The molecule has 2 aromatic rings. The van der Waals surface area contributed by atoms with Gasteiger partial charge >= 0.3 is 0 Å². The Kier molecular flexibility index (Phi) is 2.96. The molecule has 2 rings (SSSR count). The Morgan fingerprint density at radius 3 is 3.07 bits per heavy atom. The number of aromatic nitrogens is 4. The van der Waals surface area contributed by atoms with E-state index in [-0.39, 0.29) is 0 Å². The van der Waals surface area contributed by atoms with Crippen molar-refractivity contribution in [3.63, 3.8) is 0 Å². The van der Waals surface area contributed by atoms with E-state index in [0.29, 0.717) is 12.4 Å². The summed E-state index contributed by atoms with van der Waals surface area (Å²) in [6.07, 6.45) is 3.88. The summed E-state index contributed by atoms with van der Waals surface area (Å²) in [6.45, 7) is 2.80. The molecule has 2 aromatic heterocycles. The zero-order chi connectivity index (χ0) is 10.7. The van der Waals surface area contributed by atoms with Gasteiger partial charge in [0.25, 0.3) is 0 Å². The van der Waals surface area contributed by atoms with E-state index in [2.05, 4.69) is 27.6 Å². The molecular weight excluding hydrogens is 210 g/mol. The average Bonchev–Trinajstić information content (AvgIpc) is 2.78. The van der Waals surface area contributed by atoms with Crippen LogP contribution < -0.4 is 5.73 Å². The number of hydrogen-bond donors (Lipinski definition) is 1. The van der Waals surface area contributed by atoms with Crippen molar-refractivity contribution in [2.75, 3.05) is 5.73 Å². The highest BCUT2D eigenvalue weighted by Gasteiger charge is 2.03. The summed E-state index contributed by atoms with van der Waals surface area (Å²) in [4.78, 5) is 4.49. The SMILES string of the molecule is CCCc1nc(Cn2cc(N)nn2)cs1. The standard InChI is InChI=1S/C9H13N5S/c1-2-3-9-11-7(6-15-9)4-14-5-8(10)12-13-14/h5-6H,2-4,10H2,1H3. The minimum Gasteiger partial charge on any atom is -0.381 e. The normalized spacial score (nSPS) is 10.7. The van der Waals surface area contributed by atoms with Gasteiger partial charge in [-0.1, -0.05) is 12.1 Å². The van der Waals surface area contributed by atoms with Gasteiger partial charge in [0.1, 0.15) is 0 Å². The molecule has 2 N–H and O–H groups in total. The van der Waals surface area contributed by atoms with Crippen LogP contribution in [0.4, 0.5) is 5.82 Å². The molecule has 0 aromatic carbocycles. The van der Waals surface area contributed by atoms with Crippen LogP contribution in [0.3, 0.4) is 0 Å². The van der Waals surface area contributed by atoms with Crippen LogP contribution in [0.15, 0.2) is 11.6 Å². The Balaban J connectivity index is 2.04. The average molecular weight is 223 g/mol. The molecule has 0 radical (unpaired) electrons. The predicted molar refractivity (Wildman–Crippen MR) is 59.6 cm³/mol. The highest BCUT2D eigenvalue weighted by molar-refractivity contribution is 7.09. The first-order valence-corrected chi connectivity index (χ1v) is 5.74. The molecule has 0 aliphatic carbocycles. The zero-order valence-electron chi connectivity index (χ0n) is 8.55. The third-order valence-corrected chi connectivity index (χ3v) is 2.90. The summed E-state index contributed by atoms with van der Waals surface area (Å²) in [5, 5.41) is 10.8. The largest absolute Gasteiger partial charge is 0.381 e. The first-order chi connectivity index (χ1) is 7.28. The number of rotatable bonds is 4. The minimum atomic E-state index is 0.444. The molecular formula is C9H13N5S. The zero-order valence-corrected chi connectivity index (χ0v) is 9.37. The maximum absolute atomic E-state index is 5.47.